The molecule has 0 bridgehead atoms. The normalized spacial score (nSPS) is 12.2. The first-order chi connectivity index (χ1) is 35.5. The van der Waals surface area contributed by atoms with Crippen LogP contribution in [0.3, 0.4) is 0 Å². The van der Waals surface area contributed by atoms with E-state index in [2.05, 4.69) is 57.2 Å². The number of hydrogen-bond acceptors (Lipinski definition) is 6. The van der Waals surface area contributed by atoms with Crippen LogP contribution < -0.4 is 0 Å². The quantitative estimate of drug-likeness (QED) is 0.0261. The molecule has 0 aromatic rings. The van der Waals surface area contributed by atoms with Gasteiger partial charge in [0.1, 0.15) is 13.2 Å². The summed E-state index contributed by atoms with van der Waals surface area (Å²) in [7, 11) is 0. The zero-order valence-corrected chi connectivity index (χ0v) is 48.5. The van der Waals surface area contributed by atoms with Gasteiger partial charge < -0.3 is 14.2 Å². The molecule has 1 unspecified atom stereocenters. The number of hydrogen-bond donors (Lipinski definition) is 0. The van der Waals surface area contributed by atoms with Gasteiger partial charge in [0.05, 0.1) is 0 Å². The van der Waals surface area contributed by atoms with E-state index in [9.17, 15) is 14.4 Å². The van der Waals surface area contributed by atoms with Crippen LogP contribution in [0.1, 0.15) is 348 Å². The van der Waals surface area contributed by atoms with E-state index in [-0.39, 0.29) is 31.1 Å². The molecule has 0 aliphatic rings. The monoisotopic (exact) mass is 1010 g/mol. The average molecular weight is 1010 g/mol. The number of carbonyl (C=O) groups is 3. The first kappa shape index (κ1) is 69.6. The lowest BCUT2D eigenvalue weighted by atomic mass is 10.0. The van der Waals surface area contributed by atoms with Crippen LogP contribution in [0.15, 0.2) is 36.5 Å². The molecule has 6 nitrogen and oxygen atoms in total. The van der Waals surface area contributed by atoms with E-state index in [4.69, 9.17) is 14.2 Å². The van der Waals surface area contributed by atoms with Gasteiger partial charge in [0.25, 0.3) is 0 Å². The second kappa shape index (κ2) is 61.2. The third kappa shape index (κ3) is 58.5. The second-order valence-electron chi connectivity index (χ2n) is 21.7. The van der Waals surface area contributed by atoms with Gasteiger partial charge in [-0.25, -0.2) is 0 Å². The van der Waals surface area contributed by atoms with Gasteiger partial charge in [-0.3, -0.25) is 14.4 Å². The molecule has 0 rings (SSSR count). The summed E-state index contributed by atoms with van der Waals surface area (Å²) in [5, 5.41) is 0. The van der Waals surface area contributed by atoms with Crippen molar-refractivity contribution < 1.29 is 28.6 Å². The lowest BCUT2D eigenvalue weighted by molar-refractivity contribution is -0.167. The standard InChI is InChI=1S/C66H122O6/c1-4-7-10-13-16-19-22-25-28-29-30-31-32-33-34-35-36-37-39-41-44-47-50-53-56-59-65(68)71-62-63(61-70-64(67)58-55-52-49-46-43-40-27-24-21-18-15-12-9-6-3)72-66(69)60-57-54-51-48-45-42-38-26-23-20-17-14-11-8-5-2/h17,20,26,29-30,38,63H,4-16,18-19,21-25,27-28,31-37,39-62H2,1-3H3/b20-17-,30-29-,38-26-. The smallest absolute Gasteiger partial charge is 0.306 e. The summed E-state index contributed by atoms with van der Waals surface area (Å²) in [6, 6.07) is 0. The minimum Gasteiger partial charge on any atom is -0.462 e. The van der Waals surface area contributed by atoms with Gasteiger partial charge in [0, 0.05) is 19.3 Å². The predicted octanol–water partition coefficient (Wildman–Crippen LogP) is 21.6. The molecular weight excluding hydrogens is 889 g/mol. The second-order valence-corrected chi connectivity index (χ2v) is 21.7. The molecule has 0 spiro atoms. The number of unbranched alkanes of at least 4 members (excludes halogenated alkanes) is 42. The molecule has 6 heteroatoms. The SMILES string of the molecule is CCCCC/C=C\C/C=C\CCCCCCCC(=O)OC(COC(=O)CCCCCCCCCCCCCCCC)COC(=O)CCCCCCCCCCCCCCC/C=C\CCCCCCCCCC. The number of carbonyl (C=O) groups excluding carboxylic acids is 3. The summed E-state index contributed by atoms with van der Waals surface area (Å²) in [4.78, 5) is 38.2. The highest BCUT2D eigenvalue weighted by molar-refractivity contribution is 5.71. The Morgan fingerprint density at radius 1 is 0.278 bits per heavy atom. The molecule has 0 radical (unpaired) electrons. The molecule has 0 heterocycles. The van der Waals surface area contributed by atoms with Crippen molar-refractivity contribution in [3.05, 3.63) is 36.5 Å². The summed E-state index contributed by atoms with van der Waals surface area (Å²) >= 11 is 0. The minimum absolute atomic E-state index is 0.0735. The van der Waals surface area contributed by atoms with Crippen LogP contribution in [0.25, 0.3) is 0 Å². The molecule has 422 valence electrons. The molecule has 0 saturated heterocycles. The molecule has 0 amide bonds. The van der Waals surface area contributed by atoms with Gasteiger partial charge in [-0.2, -0.15) is 0 Å². The Labute approximate surface area is 448 Å². The average Bonchev–Trinajstić information content (AvgIpc) is 3.38. The molecule has 0 N–H and O–H groups in total. The molecular formula is C66H122O6. The van der Waals surface area contributed by atoms with E-state index < -0.39 is 6.10 Å². The molecule has 0 aliphatic carbocycles. The lowest BCUT2D eigenvalue weighted by Crippen LogP contribution is -2.30. The van der Waals surface area contributed by atoms with Crippen LogP contribution in [0.2, 0.25) is 0 Å². The summed E-state index contributed by atoms with van der Waals surface area (Å²) in [6.07, 6.45) is 74.4. The fourth-order valence-electron chi connectivity index (χ4n) is 9.53. The third-order valence-electron chi connectivity index (χ3n) is 14.4. The Morgan fingerprint density at radius 2 is 0.500 bits per heavy atom. The van der Waals surface area contributed by atoms with E-state index >= 15 is 0 Å². The summed E-state index contributed by atoms with van der Waals surface area (Å²) in [5.41, 5.74) is 0. The summed E-state index contributed by atoms with van der Waals surface area (Å²) in [6.45, 7) is 6.66. The van der Waals surface area contributed by atoms with Crippen LogP contribution in [0.4, 0.5) is 0 Å². The Kier molecular flexibility index (Phi) is 59.2. The van der Waals surface area contributed by atoms with Gasteiger partial charge in [-0.15, -0.1) is 0 Å². The van der Waals surface area contributed by atoms with Gasteiger partial charge in [-0.1, -0.05) is 288 Å². The van der Waals surface area contributed by atoms with Crippen molar-refractivity contribution in [1.29, 1.82) is 0 Å². The van der Waals surface area contributed by atoms with Gasteiger partial charge in [-0.05, 0) is 77.0 Å². The highest BCUT2D eigenvalue weighted by Gasteiger charge is 2.19. The van der Waals surface area contributed by atoms with Crippen LogP contribution in [0, 0.1) is 0 Å². The van der Waals surface area contributed by atoms with E-state index in [1.165, 1.54) is 225 Å². The van der Waals surface area contributed by atoms with Gasteiger partial charge in [0.15, 0.2) is 6.10 Å². The lowest BCUT2D eigenvalue weighted by Gasteiger charge is -2.18. The highest BCUT2D eigenvalue weighted by Crippen LogP contribution is 2.17. The van der Waals surface area contributed by atoms with Crippen LogP contribution in [-0.4, -0.2) is 37.2 Å². The maximum absolute atomic E-state index is 12.9. The summed E-state index contributed by atoms with van der Waals surface area (Å²) < 4.78 is 16.9. The fourth-order valence-corrected chi connectivity index (χ4v) is 9.53. The Balaban J connectivity index is 4.25. The fraction of sp³-hybridized carbons (Fsp3) is 0.864. The molecule has 0 aromatic carbocycles. The van der Waals surface area contributed by atoms with E-state index in [0.717, 1.165) is 83.5 Å². The van der Waals surface area contributed by atoms with Crippen molar-refractivity contribution in [3.8, 4) is 0 Å². The number of esters is 3. The maximum Gasteiger partial charge on any atom is 0.306 e. The van der Waals surface area contributed by atoms with Crippen molar-refractivity contribution in [2.24, 2.45) is 0 Å². The topological polar surface area (TPSA) is 78.9 Å². The Hall–Kier alpha value is -2.37. The van der Waals surface area contributed by atoms with E-state index in [0.29, 0.717) is 19.3 Å². The molecule has 0 aliphatic heterocycles. The van der Waals surface area contributed by atoms with Gasteiger partial charge >= 0.3 is 17.9 Å². The largest absolute Gasteiger partial charge is 0.462 e. The van der Waals surface area contributed by atoms with Crippen molar-refractivity contribution >= 4 is 17.9 Å². The van der Waals surface area contributed by atoms with Gasteiger partial charge in [0.2, 0.25) is 0 Å². The molecule has 72 heavy (non-hydrogen) atoms. The molecule has 1 atom stereocenters. The predicted molar refractivity (Wildman–Crippen MR) is 312 cm³/mol. The highest BCUT2D eigenvalue weighted by atomic mass is 16.6. The zero-order chi connectivity index (χ0) is 52.2. The first-order valence-electron chi connectivity index (χ1n) is 32.0. The number of rotatable bonds is 59. The first-order valence-corrected chi connectivity index (χ1v) is 32.0. The summed E-state index contributed by atoms with van der Waals surface area (Å²) in [5.74, 6) is -0.865. The minimum atomic E-state index is -0.777. The Bertz CT molecular complexity index is 1210. The Morgan fingerprint density at radius 3 is 0.806 bits per heavy atom. The van der Waals surface area contributed by atoms with Crippen molar-refractivity contribution in [2.45, 2.75) is 354 Å². The van der Waals surface area contributed by atoms with E-state index in [1.807, 2.05) is 0 Å². The third-order valence-corrected chi connectivity index (χ3v) is 14.4. The zero-order valence-electron chi connectivity index (χ0n) is 48.5. The van der Waals surface area contributed by atoms with Crippen molar-refractivity contribution in [1.82, 2.24) is 0 Å². The molecule has 0 aromatic heterocycles. The van der Waals surface area contributed by atoms with Crippen molar-refractivity contribution in [2.75, 3.05) is 13.2 Å². The number of allylic oxidation sites excluding steroid dienone is 6. The van der Waals surface area contributed by atoms with E-state index in [1.54, 1.807) is 0 Å². The molecule has 0 saturated carbocycles. The van der Waals surface area contributed by atoms with Crippen LogP contribution >= 0.6 is 0 Å². The van der Waals surface area contributed by atoms with Crippen LogP contribution in [-0.2, 0) is 28.6 Å². The number of ether oxygens (including phenoxy) is 3. The van der Waals surface area contributed by atoms with Crippen LogP contribution in [0.5, 0.6) is 0 Å². The maximum atomic E-state index is 12.9. The molecule has 0 fully saturated rings. The van der Waals surface area contributed by atoms with Crippen molar-refractivity contribution in [3.63, 3.8) is 0 Å².